The van der Waals surface area contributed by atoms with Crippen molar-refractivity contribution in [3.8, 4) is 0 Å². The van der Waals surface area contributed by atoms with E-state index >= 15 is 0 Å². The first kappa shape index (κ1) is 11.3. The smallest absolute Gasteiger partial charge is 0.168 e. The standard InChI is InChI=1S/C7H8N2S.C4H4O/c8-7(10)9-6-4-2-1-3-5-6;1-2-4-5-3-1/h1-5H,(H3,8,9,10);1-4H. The Balaban J connectivity index is 0.000000187. The van der Waals surface area contributed by atoms with Crippen LogP contribution >= 0.6 is 12.2 Å². The molecule has 0 saturated carbocycles. The Morgan fingerprint density at radius 2 is 1.67 bits per heavy atom. The van der Waals surface area contributed by atoms with Crippen LogP contribution in [0.2, 0.25) is 0 Å². The van der Waals surface area contributed by atoms with Gasteiger partial charge in [-0.05, 0) is 36.5 Å². The lowest BCUT2D eigenvalue weighted by atomic mass is 10.3. The van der Waals surface area contributed by atoms with E-state index in [1.54, 1.807) is 12.5 Å². The maximum Gasteiger partial charge on any atom is 0.168 e. The number of rotatable bonds is 1. The molecule has 0 amide bonds. The van der Waals surface area contributed by atoms with Gasteiger partial charge in [0.2, 0.25) is 0 Å². The maximum absolute atomic E-state index is 5.24. The molecule has 1 heterocycles. The number of benzene rings is 1. The fourth-order valence-electron chi connectivity index (χ4n) is 0.891. The Hall–Kier alpha value is -1.81. The molecule has 3 nitrogen and oxygen atoms in total. The molecule has 4 heteroatoms. The Morgan fingerprint density at radius 3 is 2.07 bits per heavy atom. The quantitative estimate of drug-likeness (QED) is 0.725. The van der Waals surface area contributed by atoms with Gasteiger partial charge in [0.1, 0.15) is 0 Å². The van der Waals surface area contributed by atoms with Gasteiger partial charge in [-0.2, -0.15) is 0 Å². The molecule has 0 radical (unpaired) electrons. The summed E-state index contributed by atoms with van der Waals surface area (Å²) in [5.41, 5.74) is 6.17. The third-order valence-electron chi connectivity index (χ3n) is 1.47. The molecule has 0 aliphatic heterocycles. The van der Waals surface area contributed by atoms with Crippen LogP contribution in [0, 0.1) is 0 Å². The number of hydrogen-bond donors (Lipinski definition) is 2. The van der Waals surface area contributed by atoms with Gasteiger partial charge in [0.25, 0.3) is 0 Å². The van der Waals surface area contributed by atoms with E-state index in [1.165, 1.54) is 0 Å². The molecular formula is C11H12N2OS. The Bertz CT molecular complexity index is 356. The minimum Gasteiger partial charge on any atom is -0.473 e. The van der Waals surface area contributed by atoms with E-state index in [0.29, 0.717) is 5.11 Å². The van der Waals surface area contributed by atoms with E-state index in [0.717, 1.165) is 5.69 Å². The molecule has 0 atom stereocenters. The van der Waals surface area contributed by atoms with Crippen LogP contribution in [0.1, 0.15) is 0 Å². The highest BCUT2D eigenvalue weighted by atomic mass is 32.1. The lowest BCUT2D eigenvalue weighted by molar-refractivity contribution is 0.567. The Morgan fingerprint density at radius 1 is 1.07 bits per heavy atom. The van der Waals surface area contributed by atoms with Crippen molar-refractivity contribution in [3.63, 3.8) is 0 Å². The highest BCUT2D eigenvalue weighted by Crippen LogP contribution is 2.03. The average Bonchev–Trinajstić information content (AvgIpc) is 2.76. The predicted octanol–water partition coefficient (Wildman–Crippen LogP) is 2.62. The highest BCUT2D eigenvalue weighted by Gasteiger charge is 1.87. The number of nitrogens with two attached hydrogens (primary N) is 1. The Kier molecular flexibility index (Phi) is 4.97. The van der Waals surface area contributed by atoms with Gasteiger partial charge in [-0.1, -0.05) is 18.2 Å². The topological polar surface area (TPSA) is 51.2 Å². The van der Waals surface area contributed by atoms with Gasteiger partial charge in [0.05, 0.1) is 12.5 Å². The molecule has 0 fully saturated rings. The summed E-state index contributed by atoms with van der Waals surface area (Å²) >= 11 is 4.64. The third kappa shape index (κ3) is 5.49. The van der Waals surface area contributed by atoms with E-state index in [4.69, 9.17) is 5.73 Å². The van der Waals surface area contributed by atoms with Crippen molar-refractivity contribution in [3.05, 3.63) is 55.0 Å². The van der Waals surface area contributed by atoms with Crippen LogP contribution in [0.5, 0.6) is 0 Å². The fraction of sp³-hybridized carbons (Fsp3) is 0. The van der Waals surface area contributed by atoms with Crippen LogP contribution in [0.25, 0.3) is 0 Å². The van der Waals surface area contributed by atoms with Crippen molar-refractivity contribution in [1.29, 1.82) is 0 Å². The van der Waals surface area contributed by atoms with Crippen molar-refractivity contribution in [2.75, 3.05) is 5.32 Å². The molecular weight excluding hydrogens is 208 g/mol. The lowest BCUT2D eigenvalue weighted by Gasteiger charge is -2.00. The summed E-state index contributed by atoms with van der Waals surface area (Å²) in [5.74, 6) is 0. The van der Waals surface area contributed by atoms with Gasteiger partial charge in [0.15, 0.2) is 5.11 Å². The van der Waals surface area contributed by atoms with Crippen LogP contribution < -0.4 is 11.1 Å². The van der Waals surface area contributed by atoms with Gasteiger partial charge in [-0.15, -0.1) is 0 Å². The summed E-state index contributed by atoms with van der Waals surface area (Å²) in [6.45, 7) is 0. The van der Waals surface area contributed by atoms with E-state index in [1.807, 2.05) is 42.5 Å². The highest BCUT2D eigenvalue weighted by molar-refractivity contribution is 7.80. The summed E-state index contributed by atoms with van der Waals surface area (Å²) < 4.78 is 4.58. The fourth-order valence-corrected chi connectivity index (χ4v) is 1.01. The second-order valence-corrected chi connectivity index (χ2v) is 3.09. The predicted molar refractivity (Wildman–Crippen MR) is 65.6 cm³/mol. The number of para-hydroxylation sites is 1. The summed E-state index contributed by atoms with van der Waals surface area (Å²) in [6, 6.07) is 13.2. The van der Waals surface area contributed by atoms with Crippen molar-refractivity contribution in [1.82, 2.24) is 0 Å². The molecule has 1 aromatic heterocycles. The van der Waals surface area contributed by atoms with Gasteiger partial charge in [-0.3, -0.25) is 0 Å². The zero-order chi connectivity index (χ0) is 10.9. The normalized spacial score (nSPS) is 8.53. The average molecular weight is 220 g/mol. The summed E-state index contributed by atoms with van der Waals surface area (Å²) in [7, 11) is 0. The number of nitrogens with one attached hydrogen (secondary N) is 1. The van der Waals surface area contributed by atoms with Crippen LogP contribution in [-0.2, 0) is 0 Å². The van der Waals surface area contributed by atoms with Gasteiger partial charge >= 0.3 is 0 Å². The molecule has 1 aromatic carbocycles. The van der Waals surface area contributed by atoms with Gasteiger partial charge in [0, 0.05) is 5.69 Å². The third-order valence-corrected chi connectivity index (χ3v) is 1.57. The number of anilines is 1. The van der Waals surface area contributed by atoms with Gasteiger partial charge < -0.3 is 15.5 Å². The van der Waals surface area contributed by atoms with Crippen molar-refractivity contribution in [2.45, 2.75) is 0 Å². The molecule has 0 bridgehead atoms. The van der Waals surface area contributed by atoms with E-state index in [-0.39, 0.29) is 0 Å². The van der Waals surface area contributed by atoms with Crippen LogP contribution in [0.3, 0.4) is 0 Å². The van der Waals surface area contributed by atoms with Crippen molar-refractivity contribution in [2.24, 2.45) is 5.73 Å². The lowest BCUT2D eigenvalue weighted by Crippen LogP contribution is -2.18. The molecule has 2 aromatic rings. The molecule has 2 rings (SSSR count). The second kappa shape index (κ2) is 6.62. The summed E-state index contributed by atoms with van der Waals surface area (Å²) in [5, 5.41) is 3.11. The Labute approximate surface area is 93.9 Å². The number of thiocarbonyl (C=S) groups is 1. The molecule has 0 spiro atoms. The number of hydrogen-bond acceptors (Lipinski definition) is 2. The minimum absolute atomic E-state index is 0.297. The molecule has 0 aliphatic carbocycles. The number of furan rings is 1. The first-order valence-corrected chi connectivity index (χ1v) is 4.78. The SMILES string of the molecule is NC(=S)Nc1ccccc1.c1ccoc1. The van der Waals surface area contributed by atoms with Crippen LogP contribution in [0.15, 0.2) is 59.4 Å². The molecule has 3 N–H and O–H groups in total. The van der Waals surface area contributed by atoms with Crippen LogP contribution in [0.4, 0.5) is 5.69 Å². The molecule has 0 saturated heterocycles. The zero-order valence-corrected chi connectivity index (χ0v) is 8.91. The van der Waals surface area contributed by atoms with E-state index < -0.39 is 0 Å². The van der Waals surface area contributed by atoms with Crippen LogP contribution in [-0.4, -0.2) is 5.11 Å². The van der Waals surface area contributed by atoms with E-state index in [2.05, 4.69) is 22.0 Å². The second-order valence-electron chi connectivity index (χ2n) is 2.65. The monoisotopic (exact) mass is 220 g/mol. The molecule has 0 aliphatic rings. The largest absolute Gasteiger partial charge is 0.473 e. The summed E-state index contributed by atoms with van der Waals surface area (Å²) in [6.07, 6.45) is 3.25. The minimum atomic E-state index is 0.297. The van der Waals surface area contributed by atoms with Crippen molar-refractivity contribution < 1.29 is 4.42 Å². The van der Waals surface area contributed by atoms with E-state index in [9.17, 15) is 0 Å². The van der Waals surface area contributed by atoms with Crippen molar-refractivity contribution >= 4 is 23.0 Å². The summed E-state index contributed by atoms with van der Waals surface area (Å²) in [4.78, 5) is 0. The molecule has 0 unspecified atom stereocenters. The maximum atomic E-state index is 5.24. The zero-order valence-electron chi connectivity index (χ0n) is 8.09. The van der Waals surface area contributed by atoms with Gasteiger partial charge in [-0.25, -0.2) is 0 Å². The first-order chi connectivity index (χ1) is 7.29. The molecule has 15 heavy (non-hydrogen) atoms. The molecule has 78 valence electrons. The first-order valence-electron chi connectivity index (χ1n) is 4.37.